The zero-order chi connectivity index (χ0) is 12.9. The lowest BCUT2D eigenvalue weighted by Gasteiger charge is -2.05. The van der Waals surface area contributed by atoms with Crippen LogP contribution in [0.4, 0.5) is 5.69 Å². The summed E-state index contributed by atoms with van der Waals surface area (Å²) in [5.74, 6) is -0.168. The fraction of sp³-hybridized carbons (Fsp3) is 0.364. The smallest absolute Gasteiger partial charge is 0.226 e. The van der Waals surface area contributed by atoms with Gasteiger partial charge in [-0.15, -0.1) is 0 Å². The van der Waals surface area contributed by atoms with Crippen LogP contribution >= 0.6 is 0 Å². The number of hydrogen-bond acceptors (Lipinski definition) is 4. The average Bonchev–Trinajstić information content (AvgIpc) is 2.26. The van der Waals surface area contributed by atoms with E-state index in [2.05, 4.69) is 5.32 Å². The maximum Gasteiger partial charge on any atom is 0.226 e. The van der Waals surface area contributed by atoms with Gasteiger partial charge in [0.15, 0.2) is 9.84 Å². The molecule has 0 bridgehead atoms. The van der Waals surface area contributed by atoms with Gasteiger partial charge in [-0.3, -0.25) is 4.79 Å². The zero-order valence-electron chi connectivity index (χ0n) is 9.76. The molecule has 0 aromatic heterocycles. The molecule has 0 fully saturated rings. The lowest BCUT2D eigenvalue weighted by molar-refractivity contribution is -0.117. The van der Waals surface area contributed by atoms with Gasteiger partial charge in [0.2, 0.25) is 5.91 Å². The number of carbonyl (C=O) groups is 1. The third-order valence-corrected chi connectivity index (χ3v) is 3.23. The Hall–Kier alpha value is -1.40. The molecule has 17 heavy (non-hydrogen) atoms. The molecule has 1 N–H and O–H groups in total. The Morgan fingerprint density at radius 1 is 1.29 bits per heavy atom. The lowest BCUT2D eigenvalue weighted by atomic mass is 10.3. The standard InChI is InChI=1S/C11H15NO4S/c1-16-8-7-11(13)12-9-3-5-10(6-4-9)17(2,14)15/h3-6H,7-8H2,1-2H3,(H,12,13). The van der Waals surface area contributed by atoms with E-state index in [1.54, 1.807) is 12.1 Å². The van der Waals surface area contributed by atoms with Crippen LogP contribution in [0, 0.1) is 0 Å². The molecule has 0 aliphatic rings. The minimum atomic E-state index is -3.19. The van der Waals surface area contributed by atoms with Crippen LogP contribution in [0.25, 0.3) is 0 Å². The summed E-state index contributed by atoms with van der Waals surface area (Å²) in [7, 11) is -1.67. The number of methoxy groups -OCH3 is 1. The van der Waals surface area contributed by atoms with E-state index in [4.69, 9.17) is 4.74 Å². The fourth-order valence-corrected chi connectivity index (χ4v) is 1.83. The maximum absolute atomic E-state index is 11.3. The van der Waals surface area contributed by atoms with Crippen LogP contribution in [0.5, 0.6) is 0 Å². The normalized spacial score (nSPS) is 11.2. The lowest BCUT2D eigenvalue weighted by Crippen LogP contribution is -2.13. The highest BCUT2D eigenvalue weighted by atomic mass is 32.2. The van der Waals surface area contributed by atoms with Crippen LogP contribution in [0.15, 0.2) is 29.2 Å². The van der Waals surface area contributed by atoms with Crippen molar-refractivity contribution in [3.05, 3.63) is 24.3 Å². The molecular weight excluding hydrogens is 242 g/mol. The number of carbonyl (C=O) groups excluding carboxylic acids is 1. The molecule has 0 atom stereocenters. The minimum Gasteiger partial charge on any atom is -0.384 e. The van der Waals surface area contributed by atoms with Crippen LogP contribution in [0.3, 0.4) is 0 Å². The SMILES string of the molecule is COCCC(=O)Nc1ccc(S(C)(=O)=O)cc1. The van der Waals surface area contributed by atoms with Crippen molar-refractivity contribution in [3.8, 4) is 0 Å². The number of sulfone groups is 1. The molecule has 0 spiro atoms. The zero-order valence-corrected chi connectivity index (χ0v) is 10.6. The van der Waals surface area contributed by atoms with Gasteiger partial charge in [-0.25, -0.2) is 8.42 Å². The van der Waals surface area contributed by atoms with Gasteiger partial charge in [0, 0.05) is 19.1 Å². The molecule has 1 aromatic rings. The quantitative estimate of drug-likeness (QED) is 0.856. The topological polar surface area (TPSA) is 72.5 Å². The van der Waals surface area contributed by atoms with Crippen LogP contribution in [0.2, 0.25) is 0 Å². The first-order chi connectivity index (χ1) is 7.93. The van der Waals surface area contributed by atoms with Crippen molar-refractivity contribution >= 4 is 21.4 Å². The molecule has 5 nitrogen and oxygen atoms in total. The van der Waals surface area contributed by atoms with E-state index in [0.717, 1.165) is 6.26 Å². The molecule has 0 heterocycles. The average molecular weight is 257 g/mol. The molecule has 1 aromatic carbocycles. The van der Waals surface area contributed by atoms with Crippen molar-refractivity contribution in [2.75, 3.05) is 25.3 Å². The van der Waals surface area contributed by atoms with Gasteiger partial charge < -0.3 is 10.1 Å². The first-order valence-electron chi connectivity index (χ1n) is 5.02. The summed E-state index contributed by atoms with van der Waals surface area (Å²) < 4.78 is 27.2. The summed E-state index contributed by atoms with van der Waals surface area (Å²) in [4.78, 5) is 11.6. The van der Waals surface area contributed by atoms with Gasteiger partial charge in [-0.05, 0) is 24.3 Å². The Labute approximate surface area is 101 Å². The van der Waals surface area contributed by atoms with Gasteiger partial charge in [0.1, 0.15) is 0 Å². The van der Waals surface area contributed by atoms with Gasteiger partial charge in [0.05, 0.1) is 17.9 Å². The van der Waals surface area contributed by atoms with E-state index in [1.807, 2.05) is 0 Å². The third kappa shape index (κ3) is 4.54. The first-order valence-corrected chi connectivity index (χ1v) is 6.91. The molecule has 94 valence electrons. The number of anilines is 1. The van der Waals surface area contributed by atoms with Crippen molar-refractivity contribution in [1.82, 2.24) is 0 Å². The molecular formula is C11H15NO4S. The number of rotatable bonds is 5. The Kier molecular flexibility index (Phi) is 4.65. The molecule has 0 aliphatic carbocycles. The third-order valence-electron chi connectivity index (χ3n) is 2.10. The molecule has 0 unspecified atom stereocenters. The van der Waals surface area contributed by atoms with E-state index >= 15 is 0 Å². The largest absolute Gasteiger partial charge is 0.384 e. The summed E-state index contributed by atoms with van der Waals surface area (Å²) in [6.45, 7) is 0.354. The van der Waals surface area contributed by atoms with E-state index in [0.29, 0.717) is 12.3 Å². The summed E-state index contributed by atoms with van der Waals surface area (Å²) in [6.07, 6.45) is 1.41. The van der Waals surface area contributed by atoms with Crippen LogP contribution < -0.4 is 5.32 Å². The number of ether oxygens (including phenoxy) is 1. The summed E-state index contributed by atoms with van der Waals surface area (Å²) in [5, 5.41) is 2.64. The van der Waals surface area contributed by atoms with Crippen LogP contribution in [0.1, 0.15) is 6.42 Å². The second kappa shape index (κ2) is 5.79. The Morgan fingerprint density at radius 2 is 1.88 bits per heavy atom. The highest BCUT2D eigenvalue weighted by molar-refractivity contribution is 7.90. The van der Waals surface area contributed by atoms with E-state index < -0.39 is 9.84 Å². The van der Waals surface area contributed by atoms with Crippen molar-refractivity contribution in [2.24, 2.45) is 0 Å². The van der Waals surface area contributed by atoms with Gasteiger partial charge in [-0.2, -0.15) is 0 Å². The predicted molar refractivity (Wildman–Crippen MR) is 64.7 cm³/mol. The fourth-order valence-electron chi connectivity index (χ4n) is 1.20. The van der Waals surface area contributed by atoms with Gasteiger partial charge in [0.25, 0.3) is 0 Å². The van der Waals surface area contributed by atoms with Gasteiger partial charge >= 0.3 is 0 Å². The van der Waals surface area contributed by atoms with Crippen molar-refractivity contribution < 1.29 is 17.9 Å². The molecule has 1 rings (SSSR count). The second-order valence-electron chi connectivity index (χ2n) is 3.59. The summed E-state index contributed by atoms with van der Waals surface area (Å²) in [5.41, 5.74) is 0.568. The van der Waals surface area contributed by atoms with Crippen molar-refractivity contribution in [1.29, 1.82) is 0 Å². The highest BCUT2D eigenvalue weighted by Gasteiger charge is 2.07. The summed E-state index contributed by atoms with van der Waals surface area (Å²) in [6, 6.07) is 6.03. The molecule has 0 saturated carbocycles. The highest BCUT2D eigenvalue weighted by Crippen LogP contribution is 2.13. The van der Waals surface area contributed by atoms with Crippen LogP contribution in [-0.2, 0) is 19.4 Å². The Bertz CT molecular complexity index is 479. The monoisotopic (exact) mass is 257 g/mol. The van der Waals surface area contributed by atoms with E-state index in [1.165, 1.54) is 19.2 Å². The molecule has 6 heteroatoms. The summed E-state index contributed by atoms with van der Waals surface area (Å²) >= 11 is 0. The van der Waals surface area contributed by atoms with Crippen molar-refractivity contribution in [3.63, 3.8) is 0 Å². The van der Waals surface area contributed by atoms with Crippen molar-refractivity contribution in [2.45, 2.75) is 11.3 Å². The van der Waals surface area contributed by atoms with Gasteiger partial charge in [-0.1, -0.05) is 0 Å². The number of amides is 1. The number of benzene rings is 1. The van der Waals surface area contributed by atoms with E-state index in [-0.39, 0.29) is 17.2 Å². The maximum atomic E-state index is 11.3. The minimum absolute atomic E-state index is 0.168. The Morgan fingerprint density at radius 3 is 2.35 bits per heavy atom. The Balaban J connectivity index is 2.66. The number of hydrogen-bond donors (Lipinski definition) is 1. The number of nitrogens with one attached hydrogen (secondary N) is 1. The van der Waals surface area contributed by atoms with Crippen LogP contribution in [-0.4, -0.2) is 34.3 Å². The van der Waals surface area contributed by atoms with E-state index in [9.17, 15) is 13.2 Å². The molecule has 0 saturated heterocycles. The molecule has 0 aliphatic heterocycles. The molecule has 0 radical (unpaired) electrons. The molecule has 1 amide bonds. The predicted octanol–water partition coefficient (Wildman–Crippen LogP) is 1.07. The first kappa shape index (κ1) is 13.7. The second-order valence-corrected chi connectivity index (χ2v) is 5.60.